The van der Waals surface area contributed by atoms with Gasteiger partial charge < -0.3 is 4.90 Å². The lowest BCUT2D eigenvalue weighted by molar-refractivity contribution is 0.0753. The first kappa shape index (κ1) is 15.9. The number of rotatable bonds is 6. The molecule has 0 saturated heterocycles. The summed E-state index contributed by atoms with van der Waals surface area (Å²) in [6.45, 7) is 1.12. The van der Waals surface area contributed by atoms with Crippen LogP contribution in [-0.2, 0) is 6.54 Å². The van der Waals surface area contributed by atoms with Gasteiger partial charge in [-0.2, -0.15) is 0 Å². The van der Waals surface area contributed by atoms with E-state index in [9.17, 15) is 4.79 Å². The zero-order chi connectivity index (χ0) is 15.1. The Labute approximate surface area is 135 Å². The van der Waals surface area contributed by atoms with Crippen molar-refractivity contribution in [3.05, 3.63) is 65.7 Å². The molecule has 0 saturated carbocycles. The molecule has 0 spiro atoms. The van der Waals surface area contributed by atoms with Crippen LogP contribution in [0, 0.1) is 0 Å². The van der Waals surface area contributed by atoms with Gasteiger partial charge in [0, 0.05) is 29.4 Å². The van der Waals surface area contributed by atoms with E-state index in [0.717, 1.165) is 10.5 Å². The summed E-state index contributed by atoms with van der Waals surface area (Å²) in [7, 11) is 0. The Kier molecular flexibility index (Phi) is 6.15. The Morgan fingerprint density at radius 1 is 1.10 bits per heavy atom. The number of nitrogens with zero attached hydrogens (tertiary/aromatic N) is 1. The summed E-state index contributed by atoms with van der Waals surface area (Å²) in [6.07, 6.45) is 2.02. The monoisotopic (exact) mass is 319 g/mol. The maximum absolute atomic E-state index is 12.6. The van der Waals surface area contributed by atoms with Gasteiger partial charge in [-0.05, 0) is 36.1 Å². The third-order valence-electron chi connectivity index (χ3n) is 3.19. The van der Waals surface area contributed by atoms with Crippen molar-refractivity contribution in [2.24, 2.45) is 0 Å². The highest BCUT2D eigenvalue weighted by Crippen LogP contribution is 2.17. The Hall–Kier alpha value is -1.45. The predicted octanol–water partition coefficient (Wildman–Crippen LogP) is 4.29. The molecule has 0 aliphatic rings. The van der Waals surface area contributed by atoms with Gasteiger partial charge in [0.25, 0.3) is 5.91 Å². The molecule has 0 fully saturated rings. The summed E-state index contributed by atoms with van der Waals surface area (Å²) in [5.74, 6) is 0.453. The number of alkyl halides is 1. The Bertz CT molecular complexity index is 571. The van der Waals surface area contributed by atoms with Crippen LogP contribution in [0.15, 0.2) is 59.5 Å². The zero-order valence-electron chi connectivity index (χ0n) is 12.0. The summed E-state index contributed by atoms with van der Waals surface area (Å²) < 4.78 is 0. The third-order valence-corrected chi connectivity index (χ3v) is 4.11. The van der Waals surface area contributed by atoms with E-state index >= 15 is 0 Å². The number of amides is 1. The second-order valence-electron chi connectivity index (χ2n) is 4.63. The van der Waals surface area contributed by atoms with Gasteiger partial charge in [-0.3, -0.25) is 4.79 Å². The van der Waals surface area contributed by atoms with E-state index in [1.165, 1.54) is 0 Å². The normalized spacial score (nSPS) is 10.4. The number of thioether (sulfide) groups is 1. The van der Waals surface area contributed by atoms with Gasteiger partial charge in [-0.1, -0.05) is 30.3 Å². The average Bonchev–Trinajstić information content (AvgIpc) is 2.55. The lowest BCUT2D eigenvalue weighted by Crippen LogP contribution is -2.32. The number of benzene rings is 2. The largest absolute Gasteiger partial charge is 0.333 e. The number of carbonyl (C=O) groups is 1. The lowest BCUT2D eigenvalue weighted by atomic mass is 10.1. The van der Waals surface area contributed by atoms with Gasteiger partial charge in [0.2, 0.25) is 0 Å². The van der Waals surface area contributed by atoms with Gasteiger partial charge >= 0.3 is 0 Å². The van der Waals surface area contributed by atoms with Gasteiger partial charge in [0.15, 0.2) is 0 Å². The summed E-state index contributed by atoms with van der Waals surface area (Å²) >= 11 is 7.51. The molecule has 0 aromatic heterocycles. The zero-order valence-corrected chi connectivity index (χ0v) is 13.5. The molecular formula is C17H18ClNOS. The van der Waals surface area contributed by atoms with Crippen molar-refractivity contribution in [2.45, 2.75) is 11.4 Å². The first-order valence-corrected chi connectivity index (χ1v) is 8.53. The maximum Gasteiger partial charge on any atom is 0.254 e. The fourth-order valence-corrected chi connectivity index (χ4v) is 2.69. The van der Waals surface area contributed by atoms with Crippen LogP contribution in [0.25, 0.3) is 0 Å². The molecular weight excluding hydrogens is 302 g/mol. The Balaban J connectivity index is 2.14. The van der Waals surface area contributed by atoms with Gasteiger partial charge in [0.1, 0.15) is 0 Å². The van der Waals surface area contributed by atoms with Crippen molar-refractivity contribution >= 4 is 29.3 Å². The van der Waals surface area contributed by atoms with Crippen LogP contribution in [0.5, 0.6) is 0 Å². The van der Waals surface area contributed by atoms with Crippen LogP contribution in [0.3, 0.4) is 0 Å². The molecule has 110 valence electrons. The van der Waals surface area contributed by atoms with E-state index in [1.54, 1.807) is 16.7 Å². The summed E-state index contributed by atoms with van der Waals surface area (Å²) in [5.41, 5.74) is 1.81. The van der Waals surface area contributed by atoms with Gasteiger partial charge in [-0.25, -0.2) is 0 Å². The minimum atomic E-state index is 0.0205. The van der Waals surface area contributed by atoms with Crippen molar-refractivity contribution < 1.29 is 4.79 Å². The van der Waals surface area contributed by atoms with Crippen LogP contribution >= 0.6 is 23.4 Å². The summed E-state index contributed by atoms with van der Waals surface area (Å²) in [5, 5.41) is 0. The topological polar surface area (TPSA) is 20.3 Å². The third kappa shape index (κ3) is 4.51. The average molecular weight is 320 g/mol. The van der Waals surface area contributed by atoms with Crippen molar-refractivity contribution in [3.63, 3.8) is 0 Å². The van der Waals surface area contributed by atoms with E-state index in [4.69, 9.17) is 11.6 Å². The molecule has 0 radical (unpaired) electrons. The second kappa shape index (κ2) is 8.11. The van der Waals surface area contributed by atoms with Crippen LogP contribution in [0.1, 0.15) is 15.9 Å². The molecule has 2 rings (SSSR count). The second-order valence-corrected chi connectivity index (χ2v) is 5.89. The Morgan fingerprint density at radius 2 is 1.76 bits per heavy atom. The molecule has 2 aromatic carbocycles. The van der Waals surface area contributed by atoms with Crippen molar-refractivity contribution in [2.75, 3.05) is 18.7 Å². The molecule has 0 bridgehead atoms. The molecule has 1 amide bonds. The van der Waals surface area contributed by atoms with Crippen molar-refractivity contribution in [3.8, 4) is 0 Å². The first-order chi connectivity index (χ1) is 10.2. The van der Waals surface area contributed by atoms with Crippen LogP contribution in [0.4, 0.5) is 0 Å². The molecule has 21 heavy (non-hydrogen) atoms. The molecule has 0 aliphatic carbocycles. The van der Waals surface area contributed by atoms with E-state index in [-0.39, 0.29) is 5.91 Å². The molecule has 0 aliphatic heterocycles. The smallest absolute Gasteiger partial charge is 0.254 e. The standard InChI is InChI=1S/C17H18ClNOS/c1-21-16-9-7-15(8-10-16)17(20)19(12-11-18)13-14-5-3-2-4-6-14/h2-10H,11-13H2,1H3. The van der Waals surface area contributed by atoms with Crippen molar-refractivity contribution in [1.29, 1.82) is 0 Å². The fraction of sp³-hybridized carbons (Fsp3) is 0.235. The molecule has 0 unspecified atom stereocenters. The number of hydrogen-bond donors (Lipinski definition) is 0. The van der Waals surface area contributed by atoms with Crippen LogP contribution in [0.2, 0.25) is 0 Å². The van der Waals surface area contributed by atoms with Gasteiger partial charge in [-0.15, -0.1) is 23.4 Å². The molecule has 0 atom stereocenters. The molecule has 4 heteroatoms. The molecule has 2 aromatic rings. The van der Waals surface area contributed by atoms with E-state index in [1.807, 2.05) is 60.9 Å². The highest BCUT2D eigenvalue weighted by atomic mass is 35.5. The first-order valence-electron chi connectivity index (χ1n) is 6.78. The minimum Gasteiger partial charge on any atom is -0.333 e. The van der Waals surface area contributed by atoms with E-state index in [2.05, 4.69) is 0 Å². The van der Waals surface area contributed by atoms with E-state index < -0.39 is 0 Å². The maximum atomic E-state index is 12.6. The summed E-state index contributed by atoms with van der Waals surface area (Å²) in [4.78, 5) is 15.5. The van der Waals surface area contributed by atoms with Crippen molar-refractivity contribution in [1.82, 2.24) is 4.90 Å². The number of hydrogen-bond acceptors (Lipinski definition) is 2. The predicted molar refractivity (Wildman–Crippen MR) is 90.1 cm³/mol. The van der Waals surface area contributed by atoms with E-state index in [0.29, 0.717) is 24.5 Å². The Morgan fingerprint density at radius 3 is 2.33 bits per heavy atom. The molecule has 0 N–H and O–H groups in total. The quantitative estimate of drug-likeness (QED) is 0.585. The highest BCUT2D eigenvalue weighted by Gasteiger charge is 2.15. The van der Waals surface area contributed by atoms with Gasteiger partial charge in [0.05, 0.1) is 0 Å². The minimum absolute atomic E-state index is 0.0205. The summed E-state index contributed by atoms with van der Waals surface area (Å²) in [6, 6.07) is 17.7. The fourth-order valence-electron chi connectivity index (χ4n) is 2.07. The van der Waals surface area contributed by atoms with Crippen LogP contribution < -0.4 is 0 Å². The molecule has 0 heterocycles. The SMILES string of the molecule is CSc1ccc(C(=O)N(CCCl)Cc2ccccc2)cc1. The number of carbonyl (C=O) groups excluding carboxylic acids is 1. The molecule has 2 nitrogen and oxygen atoms in total. The lowest BCUT2D eigenvalue weighted by Gasteiger charge is -2.22. The highest BCUT2D eigenvalue weighted by molar-refractivity contribution is 7.98. The number of halogens is 1. The van der Waals surface area contributed by atoms with Crippen LogP contribution in [-0.4, -0.2) is 29.5 Å².